The topological polar surface area (TPSA) is 106 Å². The second-order valence-electron chi connectivity index (χ2n) is 8.32. The molecule has 1 saturated heterocycles. The van der Waals surface area contributed by atoms with Gasteiger partial charge in [-0.15, -0.1) is 0 Å². The van der Waals surface area contributed by atoms with E-state index in [-0.39, 0.29) is 32.4 Å². The average molecular weight is 525 g/mol. The maximum absolute atomic E-state index is 15.1. The quantitative estimate of drug-likeness (QED) is 0.142. The van der Waals surface area contributed by atoms with Crippen LogP contribution in [0.2, 0.25) is 0 Å². The number of halogens is 1. The number of unbranched alkanes of at least 4 members (excludes halogenated alkanes) is 1. The molecule has 2 aromatic carbocycles. The highest BCUT2D eigenvalue weighted by Crippen LogP contribution is 2.44. The number of aryl methyl sites for hydroxylation is 1. The van der Waals surface area contributed by atoms with Crippen LogP contribution in [0.4, 0.5) is 9.52 Å². The van der Waals surface area contributed by atoms with Crippen molar-refractivity contribution in [1.82, 2.24) is 4.98 Å². The van der Waals surface area contributed by atoms with Crippen LogP contribution in [0.1, 0.15) is 52.3 Å². The summed E-state index contributed by atoms with van der Waals surface area (Å²) in [5.41, 5.74) is 0.219. The highest BCUT2D eigenvalue weighted by atomic mass is 32.1. The maximum Gasteiger partial charge on any atom is 0.350 e. The van der Waals surface area contributed by atoms with Crippen LogP contribution in [0.15, 0.2) is 54.1 Å². The minimum atomic E-state index is -1.32. The number of hydrogen-bond donors (Lipinski definition) is 1. The molecule has 0 bridgehead atoms. The Morgan fingerprint density at radius 1 is 1.19 bits per heavy atom. The summed E-state index contributed by atoms with van der Waals surface area (Å²) in [5.74, 6) is -3.33. The highest BCUT2D eigenvalue weighted by molar-refractivity contribution is 7.17. The lowest BCUT2D eigenvalue weighted by molar-refractivity contribution is -0.132. The number of anilines is 1. The molecule has 3 aromatic rings. The van der Waals surface area contributed by atoms with Crippen molar-refractivity contribution in [3.8, 4) is 5.75 Å². The smallest absolute Gasteiger partial charge is 0.350 e. The molecule has 0 saturated carbocycles. The molecule has 1 amide bonds. The Kier molecular flexibility index (Phi) is 7.68. The Hall–Kier alpha value is -4.05. The summed E-state index contributed by atoms with van der Waals surface area (Å²) < 4.78 is 25.5. The number of methoxy groups -OCH3 is 1. The lowest BCUT2D eigenvalue weighted by atomic mass is 9.95. The standard InChI is InChI=1S/C27H25FN2O6S/c1-4-5-13-36-17-10-8-9-16(14-17)22(31)20-21(18-11-6-7-12-19(18)28)30(25(33)23(20)32)27-29-15(2)24(37-27)26(34)35-3/h6-12,14,21,31H,4-5,13H2,1-3H3. The third-order valence-electron chi connectivity index (χ3n) is 5.88. The van der Waals surface area contributed by atoms with Crippen LogP contribution in [0.3, 0.4) is 0 Å². The zero-order chi connectivity index (χ0) is 26.7. The molecule has 1 aliphatic heterocycles. The van der Waals surface area contributed by atoms with Crippen LogP contribution in [0.5, 0.6) is 5.75 Å². The van der Waals surface area contributed by atoms with Crippen molar-refractivity contribution in [2.75, 3.05) is 18.6 Å². The summed E-state index contributed by atoms with van der Waals surface area (Å²) in [6.07, 6.45) is 1.79. The van der Waals surface area contributed by atoms with E-state index in [1.165, 1.54) is 25.3 Å². The van der Waals surface area contributed by atoms with Crippen molar-refractivity contribution in [2.45, 2.75) is 32.7 Å². The van der Waals surface area contributed by atoms with Crippen molar-refractivity contribution in [1.29, 1.82) is 0 Å². The molecule has 2 heterocycles. The number of nitrogens with zero attached hydrogens (tertiary/aromatic N) is 2. The number of benzene rings is 2. The molecule has 0 aliphatic carbocycles. The summed E-state index contributed by atoms with van der Waals surface area (Å²) in [5, 5.41) is 11.3. The number of amides is 1. The van der Waals surface area contributed by atoms with E-state index < -0.39 is 35.3 Å². The van der Waals surface area contributed by atoms with Crippen LogP contribution in [0, 0.1) is 12.7 Å². The number of Topliss-reactive ketones (excluding diaryl/α,β-unsaturated/α-hetero) is 1. The number of thiazole rings is 1. The molecule has 192 valence electrons. The fourth-order valence-electron chi connectivity index (χ4n) is 4.01. The van der Waals surface area contributed by atoms with E-state index in [0.717, 1.165) is 29.1 Å². The molecule has 1 fully saturated rings. The fourth-order valence-corrected chi connectivity index (χ4v) is 5.02. The molecular formula is C27H25FN2O6S. The van der Waals surface area contributed by atoms with Crippen molar-refractivity contribution < 1.29 is 33.4 Å². The number of aromatic nitrogens is 1. The van der Waals surface area contributed by atoms with Gasteiger partial charge < -0.3 is 14.6 Å². The molecule has 1 unspecified atom stereocenters. The molecule has 1 atom stereocenters. The van der Waals surface area contributed by atoms with Gasteiger partial charge >= 0.3 is 11.9 Å². The highest BCUT2D eigenvalue weighted by Gasteiger charge is 2.49. The van der Waals surface area contributed by atoms with Gasteiger partial charge in [-0.3, -0.25) is 14.5 Å². The molecule has 4 rings (SSSR count). The number of esters is 1. The molecule has 10 heteroatoms. The first-order chi connectivity index (χ1) is 17.8. The van der Waals surface area contributed by atoms with Crippen LogP contribution in [-0.2, 0) is 14.3 Å². The third kappa shape index (κ3) is 4.97. The zero-order valence-corrected chi connectivity index (χ0v) is 21.3. The zero-order valence-electron chi connectivity index (χ0n) is 20.5. The van der Waals surface area contributed by atoms with E-state index in [4.69, 9.17) is 9.47 Å². The van der Waals surface area contributed by atoms with Gasteiger partial charge in [0.2, 0.25) is 0 Å². The Morgan fingerprint density at radius 2 is 1.95 bits per heavy atom. The third-order valence-corrected chi connectivity index (χ3v) is 7.02. The summed E-state index contributed by atoms with van der Waals surface area (Å²) in [6.45, 7) is 4.07. The van der Waals surface area contributed by atoms with Crippen LogP contribution >= 0.6 is 11.3 Å². The van der Waals surface area contributed by atoms with E-state index >= 15 is 4.39 Å². The molecule has 37 heavy (non-hydrogen) atoms. The molecule has 0 spiro atoms. The van der Waals surface area contributed by atoms with Gasteiger partial charge in [0.05, 0.1) is 25.0 Å². The minimum Gasteiger partial charge on any atom is -0.507 e. The van der Waals surface area contributed by atoms with Crippen LogP contribution < -0.4 is 9.64 Å². The molecule has 1 aromatic heterocycles. The normalized spacial score (nSPS) is 16.8. The van der Waals surface area contributed by atoms with E-state index in [2.05, 4.69) is 4.98 Å². The lowest BCUT2D eigenvalue weighted by Crippen LogP contribution is -2.29. The van der Waals surface area contributed by atoms with Crippen LogP contribution in [0.25, 0.3) is 5.76 Å². The SMILES string of the molecule is CCCCOc1cccc(C(O)=C2C(=O)C(=O)N(c3nc(C)c(C(=O)OC)s3)C2c2ccccc2F)c1. The van der Waals surface area contributed by atoms with Gasteiger partial charge in [-0.05, 0) is 31.5 Å². The number of ether oxygens (including phenoxy) is 2. The average Bonchev–Trinajstić information content (AvgIpc) is 3.40. The Labute approximate surface area is 217 Å². The van der Waals surface area contributed by atoms with Crippen LogP contribution in [-0.4, -0.2) is 41.5 Å². The number of aliphatic hydroxyl groups excluding tert-OH is 1. The predicted molar refractivity (Wildman–Crippen MR) is 136 cm³/mol. The first-order valence-electron chi connectivity index (χ1n) is 11.6. The number of hydrogen-bond acceptors (Lipinski definition) is 8. The first-order valence-corrected chi connectivity index (χ1v) is 12.4. The number of carbonyl (C=O) groups is 3. The van der Waals surface area contributed by atoms with Gasteiger partial charge in [0.1, 0.15) is 28.2 Å². The lowest BCUT2D eigenvalue weighted by Gasteiger charge is -2.23. The molecular weight excluding hydrogens is 499 g/mol. The van der Waals surface area contributed by atoms with Crippen molar-refractivity contribution in [3.05, 3.63) is 81.6 Å². The number of aliphatic hydroxyl groups is 1. The van der Waals surface area contributed by atoms with Gasteiger partial charge in [-0.25, -0.2) is 14.2 Å². The Bertz CT molecular complexity index is 1400. The van der Waals surface area contributed by atoms with E-state index in [1.807, 2.05) is 6.92 Å². The van der Waals surface area contributed by atoms with E-state index in [0.29, 0.717) is 12.4 Å². The molecule has 1 N–H and O–H groups in total. The van der Waals surface area contributed by atoms with Gasteiger partial charge in [-0.1, -0.05) is 55.0 Å². The fraction of sp³-hybridized carbons (Fsp3) is 0.259. The summed E-state index contributed by atoms with van der Waals surface area (Å²) in [4.78, 5) is 44.2. The summed E-state index contributed by atoms with van der Waals surface area (Å²) in [6, 6.07) is 10.8. The van der Waals surface area contributed by atoms with E-state index in [9.17, 15) is 19.5 Å². The monoisotopic (exact) mass is 524 g/mol. The molecule has 1 aliphatic rings. The minimum absolute atomic E-state index is 0.00366. The predicted octanol–water partition coefficient (Wildman–Crippen LogP) is 5.18. The van der Waals surface area contributed by atoms with Gasteiger partial charge in [0, 0.05) is 11.1 Å². The first kappa shape index (κ1) is 26.0. The van der Waals surface area contributed by atoms with Crippen molar-refractivity contribution in [2.24, 2.45) is 0 Å². The van der Waals surface area contributed by atoms with Gasteiger partial charge in [0.15, 0.2) is 5.13 Å². The second-order valence-corrected chi connectivity index (χ2v) is 9.30. The van der Waals surface area contributed by atoms with Crippen molar-refractivity contribution >= 4 is 39.9 Å². The molecule has 8 nitrogen and oxygen atoms in total. The number of rotatable bonds is 8. The molecule has 0 radical (unpaired) electrons. The van der Waals surface area contributed by atoms with Gasteiger partial charge in [-0.2, -0.15) is 0 Å². The van der Waals surface area contributed by atoms with Gasteiger partial charge in [0.25, 0.3) is 5.78 Å². The Morgan fingerprint density at radius 3 is 2.65 bits per heavy atom. The number of ketones is 1. The Balaban J connectivity index is 1.88. The van der Waals surface area contributed by atoms with Crippen molar-refractivity contribution in [3.63, 3.8) is 0 Å². The second kappa shape index (κ2) is 10.9. The number of carbonyl (C=O) groups excluding carboxylic acids is 3. The maximum atomic E-state index is 15.1. The summed E-state index contributed by atoms with van der Waals surface area (Å²) >= 11 is 0.843. The van der Waals surface area contributed by atoms with E-state index in [1.54, 1.807) is 37.3 Å². The summed E-state index contributed by atoms with van der Waals surface area (Å²) in [7, 11) is 1.22. The largest absolute Gasteiger partial charge is 0.507 e.